The summed E-state index contributed by atoms with van der Waals surface area (Å²) in [5, 5.41) is 0.833. The minimum atomic E-state index is 0.833. The Morgan fingerprint density at radius 1 is 0.765 bits per heavy atom. The van der Waals surface area contributed by atoms with Gasteiger partial charge in [-0.3, -0.25) is 0 Å². The van der Waals surface area contributed by atoms with Gasteiger partial charge in [-0.15, -0.1) is 0 Å². The van der Waals surface area contributed by atoms with Gasteiger partial charge in [0, 0.05) is 5.02 Å². The van der Waals surface area contributed by atoms with Crippen molar-refractivity contribution in [3.05, 3.63) is 41.8 Å². The Bertz CT molecular complexity index is 276. The zero-order valence-electron chi connectivity index (χ0n) is 10.8. The van der Waals surface area contributed by atoms with Crippen molar-refractivity contribution >= 4 is 11.6 Å². The maximum absolute atomic E-state index is 5.85. The maximum Gasteiger partial charge on any atom is 0.0406 e. The van der Waals surface area contributed by atoms with Gasteiger partial charge >= 0.3 is 0 Å². The lowest BCUT2D eigenvalue weighted by atomic mass is 10.0. The van der Waals surface area contributed by atoms with Crippen LogP contribution in [-0.2, 0) is 6.42 Å². The van der Waals surface area contributed by atoms with Crippen molar-refractivity contribution < 1.29 is 0 Å². The fraction of sp³-hybridized carbons (Fsp3) is 0.562. The predicted molar refractivity (Wildman–Crippen MR) is 77.4 cm³/mol. The highest BCUT2D eigenvalue weighted by Gasteiger charge is 1.94. The molecule has 1 aromatic rings. The van der Waals surface area contributed by atoms with Gasteiger partial charge < -0.3 is 0 Å². The second kappa shape index (κ2) is 9.53. The zero-order chi connectivity index (χ0) is 12.3. The Hall–Kier alpha value is -0.490. The molecule has 95 valence electrons. The average Bonchev–Trinajstić information content (AvgIpc) is 2.35. The first-order valence-corrected chi connectivity index (χ1v) is 7.24. The third-order valence-electron chi connectivity index (χ3n) is 3.13. The van der Waals surface area contributed by atoms with Crippen LogP contribution in [0.3, 0.4) is 0 Å². The third kappa shape index (κ3) is 7.44. The zero-order valence-corrected chi connectivity index (χ0v) is 11.5. The molecule has 0 saturated heterocycles. The van der Waals surface area contributed by atoms with Crippen LogP contribution in [0.5, 0.6) is 0 Å². The summed E-state index contributed by atoms with van der Waals surface area (Å²) >= 11 is 5.85. The highest BCUT2D eigenvalue weighted by Crippen LogP contribution is 2.13. The maximum atomic E-state index is 5.85. The largest absolute Gasteiger partial charge is 0.0843 e. The molecular formula is C16H24Cl. The number of halogens is 1. The summed E-state index contributed by atoms with van der Waals surface area (Å²) in [4.78, 5) is 0. The summed E-state index contributed by atoms with van der Waals surface area (Å²) in [5.74, 6) is 0. The van der Waals surface area contributed by atoms with E-state index >= 15 is 0 Å². The number of hydrogen-bond donors (Lipinski definition) is 0. The van der Waals surface area contributed by atoms with Crippen molar-refractivity contribution in [1.82, 2.24) is 0 Å². The number of unbranched alkanes of at least 4 members (excludes halogenated alkanes) is 7. The molecule has 0 heterocycles. The molecule has 0 unspecified atom stereocenters. The van der Waals surface area contributed by atoms with E-state index in [1.807, 2.05) is 12.1 Å². The molecule has 0 atom stereocenters. The highest BCUT2D eigenvalue weighted by atomic mass is 35.5. The van der Waals surface area contributed by atoms with Crippen LogP contribution in [0.1, 0.15) is 56.9 Å². The van der Waals surface area contributed by atoms with Crippen molar-refractivity contribution in [1.29, 1.82) is 0 Å². The Balaban J connectivity index is 1.95. The summed E-state index contributed by atoms with van der Waals surface area (Å²) in [6.45, 7) is 3.86. The molecular weight excluding hydrogens is 228 g/mol. The second-order valence-electron chi connectivity index (χ2n) is 4.70. The van der Waals surface area contributed by atoms with E-state index in [1.54, 1.807) is 0 Å². The lowest BCUT2D eigenvalue weighted by Gasteiger charge is -2.02. The van der Waals surface area contributed by atoms with Gasteiger partial charge in [-0.1, -0.05) is 75.6 Å². The van der Waals surface area contributed by atoms with Gasteiger partial charge in [0.25, 0.3) is 0 Å². The highest BCUT2D eigenvalue weighted by molar-refractivity contribution is 6.30. The third-order valence-corrected chi connectivity index (χ3v) is 3.38. The summed E-state index contributed by atoms with van der Waals surface area (Å²) in [6, 6.07) is 8.23. The first kappa shape index (κ1) is 14.6. The molecule has 0 N–H and O–H groups in total. The van der Waals surface area contributed by atoms with Crippen LogP contribution in [0, 0.1) is 6.92 Å². The predicted octanol–water partition coefficient (Wildman–Crippen LogP) is 5.84. The minimum absolute atomic E-state index is 0.833. The molecule has 17 heavy (non-hydrogen) atoms. The molecule has 0 aliphatic rings. The summed E-state index contributed by atoms with van der Waals surface area (Å²) in [6.07, 6.45) is 11.8. The lowest BCUT2D eigenvalue weighted by Crippen LogP contribution is -1.86. The van der Waals surface area contributed by atoms with Crippen LogP contribution < -0.4 is 0 Å². The monoisotopic (exact) mass is 251 g/mol. The molecule has 0 nitrogen and oxygen atoms in total. The van der Waals surface area contributed by atoms with Crippen molar-refractivity contribution in [3.8, 4) is 0 Å². The van der Waals surface area contributed by atoms with Crippen molar-refractivity contribution in [2.75, 3.05) is 0 Å². The van der Waals surface area contributed by atoms with E-state index in [2.05, 4.69) is 19.1 Å². The smallest absolute Gasteiger partial charge is 0.0406 e. The van der Waals surface area contributed by atoms with E-state index in [0.717, 1.165) is 11.4 Å². The van der Waals surface area contributed by atoms with Crippen LogP contribution in [-0.4, -0.2) is 0 Å². The summed E-state index contributed by atoms with van der Waals surface area (Å²) in [7, 11) is 0. The SMILES string of the molecule is [CH2]CCCCCCCCCc1ccc(Cl)cc1. The van der Waals surface area contributed by atoms with Crippen molar-refractivity contribution in [2.45, 2.75) is 57.8 Å². The number of rotatable bonds is 9. The summed E-state index contributed by atoms with van der Waals surface area (Å²) < 4.78 is 0. The van der Waals surface area contributed by atoms with Crippen LogP contribution in [0.2, 0.25) is 5.02 Å². The van der Waals surface area contributed by atoms with Gasteiger partial charge in [0.15, 0.2) is 0 Å². The first-order chi connectivity index (χ1) is 8.33. The van der Waals surface area contributed by atoms with Crippen molar-refractivity contribution in [3.63, 3.8) is 0 Å². The molecule has 1 heteroatoms. The van der Waals surface area contributed by atoms with Gasteiger partial charge in [-0.25, -0.2) is 0 Å². The average molecular weight is 252 g/mol. The normalized spacial score (nSPS) is 10.7. The molecule has 0 spiro atoms. The van der Waals surface area contributed by atoms with Crippen LogP contribution in [0.15, 0.2) is 24.3 Å². The van der Waals surface area contributed by atoms with Gasteiger partial charge in [-0.2, -0.15) is 0 Å². The molecule has 0 aliphatic carbocycles. The summed E-state index contributed by atoms with van der Waals surface area (Å²) in [5.41, 5.74) is 1.41. The van der Waals surface area contributed by atoms with Crippen molar-refractivity contribution in [2.24, 2.45) is 0 Å². The molecule has 0 saturated carbocycles. The van der Waals surface area contributed by atoms with Gasteiger partial charge in [0.2, 0.25) is 0 Å². The molecule has 0 aliphatic heterocycles. The molecule has 0 bridgehead atoms. The quantitative estimate of drug-likeness (QED) is 0.484. The van der Waals surface area contributed by atoms with Gasteiger partial charge in [0.1, 0.15) is 0 Å². The molecule has 0 aromatic heterocycles. The van der Waals surface area contributed by atoms with Gasteiger partial charge in [0.05, 0.1) is 0 Å². The Kier molecular flexibility index (Phi) is 8.17. The molecule has 1 radical (unpaired) electrons. The van der Waals surface area contributed by atoms with Gasteiger partial charge in [-0.05, 0) is 30.5 Å². The lowest BCUT2D eigenvalue weighted by molar-refractivity contribution is 0.581. The van der Waals surface area contributed by atoms with Crippen LogP contribution in [0.25, 0.3) is 0 Å². The molecule has 1 rings (SSSR count). The van der Waals surface area contributed by atoms with E-state index in [9.17, 15) is 0 Å². The molecule has 1 aromatic carbocycles. The fourth-order valence-corrected chi connectivity index (χ4v) is 2.17. The van der Waals surface area contributed by atoms with E-state index in [4.69, 9.17) is 11.6 Å². The number of hydrogen-bond acceptors (Lipinski definition) is 0. The second-order valence-corrected chi connectivity index (χ2v) is 5.14. The molecule has 0 fully saturated rings. The Morgan fingerprint density at radius 2 is 1.29 bits per heavy atom. The van der Waals surface area contributed by atoms with Crippen LogP contribution in [0.4, 0.5) is 0 Å². The Labute approximate surface area is 111 Å². The van der Waals surface area contributed by atoms with Crippen LogP contribution >= 0.6 is 11.6 Å². The minimum Gasteiger partial charge on any atom is -0.0843 e. The van der Waals surface area contributed by atoms with E-state index in [1.165, 1.54) is 56.9 Å². The standard InChI is InChI=1S/C16H24Cl/c1-2-3-4-5-6-7-8-9-10-15-11-13-16(17)14-12-15/h11-14H,1-10H2. The topological polar surface area (TPSA) is 0 Å². The fourth-order valence-electron chi connectivity index (χ4n) is 2.04. The van der Waals surface area contributed by atoms with E-state index in [0.29, 0.717) is 0 Å². The van der Waals surface area contributed by atoms with E-state index in [-0.39, 0.29) is 0 Å². The number of benzene rings is 1. The van der Waals surface area contributed by atoms with E-state index < -0.39 is 0 Å². The Morgan fingerprint density at radius 3 is 1.88 bits per heavy atom. The first-order valence-electron chi connectivity index (χ1n) is 6.86. The number of aryl methyl sites for hydroxylation is 1. The molecule has 0 amide bonds.